The molecule has 3 aromatic rings. The molecule has 4 nitrogen and oxygen atoms in total. The Hall–Kier alpha value is -2.63. The minimum absolute atomic E-state index is 0.126. The van der Waals surface area contributed by atoms with Gasteiger partial charge in [-0.05, 0) is 55.3 Å². The number of carbonyl (C=O) groups is 1. The number of amides is 1. The van der Waals surface area contributed by atoms with Crippen LogP contribution in [0.5, 0.6) is 0 Å². The molecule has 5 heteroatoms. The SMILES string of the molecule is O=C(CN1CCCCC1c1cccnc1)N1c2ccccc2Sc2ccccc21. The van der Waals surface area contributed by atoms with Gasteiger partial charge in [-0.3, -0.25) is 19.6 Å². The average molecular weight is 402 g/mol. The Labute approximate surface area is 175 Å². The minimum atomic E-state index is 0.126. The van der Waals surface area contributed by atoms with E-state index in [9.17, 15) is 4.79 Å². The number of hydrogen-bond acceptors (Lipinski definition) is 4. The van der Waals surface area contributed by atoms with Crippen LogP contribution in [0.25, 0.3) is 0 Å². The quantitative estimate of drug-likeness (QED) is 0.586. The van der Waals surface area contributed by atoms with Gasteiger partial charge >= 0.3 is 0 Å². The lowest BCUT2D eigenvalue weighted by molar-refractivity contribution is -0.120. The molecule has 0 radical (unpaired) electrons. The first-order valence-electron chi connectivity index (χ1n) is 10.1. The summed E-state index contributed by atoms with van der Waals surface area (Å²) in [6, 6.07) is 20.7. The Morgan fingerprint density at radius 1 is 0.966 bits per heavy atom. The molecular weight excluding hydrogens is 378 g/mol. The second-order valence-corrected chi connectivity index (χ2v) is 8.62. The number of carbonyl (C=O) groups excluding carboxylic acids is 1. The summed E-state index contributed by atoms with van der Waals surface area (Å²) in [6.07, 6.45) is 7.14. The summed E-state index contributed by atoms with van der Waals surface area (Å²) >= 11 is 1.73. The summed E-state index contributed by atoms with van der Waals surface area (Å²) in [5.74, 6) is 0.126. The van der Waals surface area contributed by atoms with Crippen LogP contribution in [0.1, 0.15) is 30.9 Å². The van der Waals surface area contributed by atoms with E-state index in [2.05, 4.69) is 28.1 Å². The highest BCUT2D eigenvalue weighted by atomic mass is 32.2. The highest BCUT2D eigenvalue weighted by Gasteiger charge is 2.32. The van der Waals surface area contributed by atoms with Gasteiger partial charge in [-0.25, -0.2) is 0 Å². The fourth-order valence-corrected chi connectivity index (χ4v) is 5.41. The molecule has 1 fully saturated rings. The zero-order valence-electron chi connectivity index (χ0n) is 16.2. The molecule has 1 aromatic heterocycles. The summed E-state index contributed by atoms with van der Waals surface area (Å²) in [4.78, 5) is 24.4. The number of benzene rings is 2. The number of aromatic nitrogens is 1. The predicted molar refractivity (Wildman–Crippen MR) is 117 cm³/mol. The number of rotatable bonds is 3. The lowest BCUT2D eigenvalue weighted by atomic mass is 9.96. The number of pyridine rings is 1. The van der Waals surface area contributed by atoms with Crippen LogP contribution in [-0.2, 0) is 4.79 Å². The summed E-state index contributed by atoms with van der Waals surface area (Å²) in [7, 11) is 0. The van der Waals surface area contributed by atoms with E-state index >= 15 is 0 Å². The molecule has 0 spiro atoms. The van der Waals surface area contributed by atoms with Gasteiger partial charge in [0, 0.05) is 28.2 Å². The molecule has 2 aromatic carbocycles. The van der Waals surface area contributed by atoms with E-state index in [0.29, 0.717) is 6.54 Å². The molecule has 1 atom stereocenters. The van der Waals surface area contributed by atoms with Crippen molar-refractivity contribution < 1.29 is 4.79 Å². The Morgan fingerprint density at radius 2 is 1.69 bits per heavy atom. The fourth-order valence-electron chi connectivity index (χ4n) is 4.35. The van der Waals surface area contributed by atoms with Crippen LogP contribution >= 0.6 is 11.8 Å². The van der Waals surface area contributed by atoms with Crippen molar-refractivity contribution in [3.8, 4) is 0 Å². The van der Waals surface area contributed by atoms with Gasteiger partial charge in [0.25, 0.3) is 0 Å². The van der Waals surface area contributed by atoms with Crippen molar-refractivity contribution in [3.63, 3.8) is 0 Å². The topological polar surface area (TPSA) is 36.4 Å². The van der Waals surface area contributed by atoms with E-state index in [1.165, 1.54) is 12.0 Å². The second kappa shape index (κ2) is 8.01. The molecule has 2 aliphatic rings. The Morgan fingerprint density at radius 3 is 2.38 bits per heavy atom. The average Bonchev–Trinajstić information content (AvgIpc) is 2.78. The van der Waals surface area contributed by atoms with E-state index in [0.717, 1.165) is 40.6 Å². The zero-order valence-corrected chi connectivity index (χ0v) is 17.0. The number of piperidine rings is 1. The van der Waals surface area contributed by atoms with Crippen LogP contribution in [-0.4, -0.2) is 28.9 Å². The van der Waals surface area contributed by atoms with Gasteiger partial charge < -0.3 is 0 Å². The maximum absolute atomic E-state index is 13.6. The van der Waals surface area contributed by atoms with Crippen molar-refractivity contribution in [1.29, 1.82) is 0 Å². The normalized spacial score (nSPS) is 18.8. The maximum Gasteiger partial charge on any atom is 0.245 e. The van der Waals surface area contributed by atoms with E-state index in [4.69, 9.17) is 0 Å². The van der Waals surface area contributed by atoms with Crippen molar-refractivity contribution in [1.82, 2.24) is 9.88 Å². The molecule has 1 saturated heterocycles. The molecule has 0 bridgehead atoms. The van der Waals surface area contributed by atoms with Gasteiger partial charge in [-0.15, -0.1) is 0 Å². The van der Waals surface area contributed by atoms with Crippen LogP contribution < -0.4 is 4.90 Å². The smallest absolute Gasteiger partial charge is 0.245 e. The monoisotopic (exact) mass is 401 g/mol. The Balaban J connectivity index is 1.46. The van der Waals surface area contributed by atoms with Crippen molar-refractivity contribution in [3.05, 3.63) is 78.6 Å². The van der Waals surface area contributed by atoms with E-state index in [-0.39, 0.29) is 11.9 Å². The Kier molecular flexibility index (Phi) is 5.08. The van der Waals surface area contributed by atoms with Crippen LogP contribution in [0.15, 0.2) is 82.8 Å². The van der Waals surface area contributed by atoms with Gasteiger partial charge in [0.05, 0.1) is 17.9 Å². The van der Waals surface area contributed by atoms with Crippen molar-refractivity contribution >= 4 is 29.0 Å². The van der Waals surface area contributed by atoms with Crippen molar-refractivity contribution in [2.24, 2.45) is 0 Å². The summed E-state index contributed by atoms with van der Waals surface area (Å²) in [5.41, 5.74) is 3.17. The van der Waals surface area contributed by atoms with Crippen LogP contribution in [0, 0.1) is 0 Å². The number of nitrogens with zero attached hydrogens (tertiary/aromatic N) is 3. The summed E-state index contributed by atoms with van der Waals surface area (Å²) < 4.78 is 0. The van der Waals surface area contributed by atoms with Gasteiger partial charge in [0.1, 0.15) is 0 Å². The zero-order chi connectivity index (χ0) is 19.6. The molecule has 29 heavy (non-hydrogen) atoms. The molecule has 2 aliphatic heterocycles. The first-order chi connectivity index (χ1) is 14.3. The largest absolute Gasteiger partial charge is 0.287 e. The highest BCUT2D eigenvalue weighted by Crippen LogP contribution is 2.48. The first-order valence-corrected chi connectivity index (χ1v) is 11.0. The Bertz CT molecular complexity index is 978. The van der Waals surface area contributed by atoms with Gasteiger partial charge in [0.15, 0.2) is 0 Å². The van der Waals surface area contributed by atoms with Crippen molar-refractivity contribution in [2.45, 2.75) is 35.1 Å². The maximum atomic E-state index is 13.6. The van der Waals surface area contributed by atoms with E-state index in [1.54, 1.807) is 18.0 Å². The number of anilines is 2. The van der Waals surface area contributed by atoms with Gasteiger partial charge in [-0.2, -0.15) is 0 Å². The second-order valence-electron chi connectivity index (χ2n) is 7.54. The van der Waals surface area contributed by atoms with Crippen molar-refractivity contribution in [2.75, 3.05) is 18.0 Å². The molecule has 0 N–H and O–H groups in total. The summed E-state index contributed by atoms with van der Waals surface area (Å²) in [6.45, 7) is 1.35. The lowest BCUT2D eigenvalue weighted by Crippen LogP contribution is -2.42. The third-order valence-electron chi connectivity index (χ3n) is 5.70. The highest BCUT2D eigenvalue weighted by molar-refractivity contribution is 7.99. The van der Waals surface area contributed by atoms with E-state index in [1.807, 2.05) is 53.6 Å². The number of fused-ring (bicyclic) bond motifs is 2. The molecule has 1 amide bonds. The third-order valence-corrected chi connectivity index (χ3v) is 6.83. The lowest BCUT2D eigenvalue weighted by Gasteiger charge is -2.38. The van der Waals surface area contributed by atoms with Gasteiger partial charge in [0.2, 0.25) is 5.91 Å². The third kappa shape index (κ3) is 3.56. The van der Waals surface area contributed by atoms with Crippen LogP contribution in [0.3, 0.4) is 0 Å². The fraction of sp³-hybridized carbons (Fsp3) is 0.250. The first kappa shape index (κ1) is 18.4. The van der Waals surface area contributed by atoms with Gasteiger partial charge in [-0.1, -0.05) is 48.5 Å². The molecular formula is C24H23N3OS. The summed E-state index contributed by atoms with van der Waals surface area (Å²) in [5, 5.41) is 0. The molecule has 5 rings (SSSR count). The van der Waals surface area contributed by atoms with E-state index < -0.39 is 0 Å². The molecule has 3 heterocycles. The number of likely N-dealkylation sites (tertiary alicyclic amines) is 1. The molecule has 1 unspecified atom stereocenters. The molecule has 0 saturated carbocycles. The minimum Gasteiger partial charge on any atom is -0.287 e. The molecule has 0 aliphatic carbocycles. The van der Waals surface area contributed by atoms with Crippen LogP contribution in [0.2, 0.25) is 0 Å². The standard InChI is InChI=1S/C24H23N3OS/c28-24(17-26-15-6-5-9-19(26)18-8-7-14-25-16-18)27-20-10-1-3-12-22(20)29-23-13-4-2-11-21(23)27/h1-4,7-8,10-14,16,19H,5-6,9,15,17H2. The molecule has 146 valence electrons. The number of hydrogen-bond donors (Lipinski definition) is 0. The number of para-hydroxylation sites is 2. The predicted octanol–water partition coefficient (Wildman–Crippen LogP) is 5.44. The van der Waals surface area contributed by atoms with Crippen LogP contribution in [0.4, 0.5) is 11.4 Å².